The second kappa shape index (κ2) is 5.67. The fourth-order valence-corrected chi connectivity index (χ4v) is 2.32. The lowest BCUT2D eigenvalue weighted by Crippen LogP contribution is -2.42. The van der Waals surface area contributed by atoms with Crippen LogP contribution in [0.5, 0.6) is 0 Å². The molecule has 0 saturated heterocycles. The summed E-state index contributed by atoms with van der Waals surface area (Å²) in [6.07, 6.45) is 1.94. The van der Waals surface area contributed by atoms with Crippen molar-refractivity contribution in [2.24, 2.45) is 0 Å². The number of hydrogen-bond acceptors (Lipinski definition) is 2. The summed E-state index contributed by atoms with van der Waals surface area (Å²) in [5, 5.41) is 4.12. The molecule has 2 N–H and O–H groups in total. The number of nitrogens with zero attached hydrogens (tertiary/aromatic N) is 1. The Morgan fingerprint density at radius 1 is 1.30 bits per heavy atom. The standard InChI is InChI=1S/C16H23N3O/c1-16(2,15(20)17-9-10-19(3)4)13-11-18-14-8-6-5-7-12(13)14/h5-8,11,18H,9-10H2,1-4H3,(H,17,20). The van der Waals surface area contributed by atoms with Crippen LogP contribution in [0.2, 0.25) is 0 Å². The molecule has 0 saturated carbocycles. The molecule has 0 spiro atoms. The lowest BCUT2D eigenvalue weighted by atomic mass is 9.83. The Balaban J connectivity index is 2.19. The van der Waals surface area contributed by atoms with Crippen LogP contribution in [-0.2, 0) is 10.2 Å². The van der Waals surface area contributed by atoms with Crippen LogP contribution in [0.25, 0.3) is 10.9 Å². The number of para-hydroxylation sites is 1. The zero-order valence-electron chi connectivity index (χ0n) is 12.7. The molecule has 1 amide bonds. The lowest BCUT2D eigenvalue weighted by molar-refractivity contribution is -0.125. The van der Waals surface area contributed by atoms with E-state index in [4.69, 9.17) is 0 Å². The average molecular weight is 273 g/mol. The molecule has 0 unspecified atom stereocenters. The Bertz CT molecular complexity index is 599. The normalized spacial score (nSPS) is 12.1. The van der Waals surface area contributed by atoms with E-state index in [0.29, 0.717) is 6.54 Å². The average Bonchev–Trinajstić information content (AvgIpc) is 2.82. The van der Waals surface area contributed by atoms with E-state index in [-0.39, 0.29) is 5.91 Å². The highest BCUT2D eigenvalue weighted by Crippen LogP contribution is 2.30. The van der Waals surface area contributed by atoms with Crippen LogP contribution in [0.1, 0.15) is 19.4 Å². The zero-order valence-corrected chi connectivity index (χ0v) is 12.7. The number of carbonyl (C=O) groups excluding carboxylic acids is 1. The number of aromatic nitrogens is 1. The highest BCUT2D eigenvalue weighted by molar-refractivity contribution is 5.94. The van der Waals surface area contributed by atoms with Gasteiger partial charge in [0.2, 0.25) is 5.91 Å². The summed E-state index contributed by atoms with van der Waals surface area (Å²) in [5.74, 6) is 0.0594. The van der Waals surface area contributed by atoms with Crippen molar-refractivity contribution in [3.8, 4) is 0 Å². The molecule has 1 aromatic heterocycles. The molecule has 108 valence electrons. The quantitative estimate of drug-likeness (QED) is 0.876. The summed E-state index contributed by atoms with van der Waals surface area (Å²) >= 11 is 0. The van der Waals surface area contributed by atoms with Crippen LogP contribution in [0.3, 0.4) is 0 Å². The van der Waals surface area contributed by atoms with Gasteiger partial charge in [-0.1, -0.05) is 18.2 Å². The van der Waals surface area contributed by atoms with Crippen LogP contribution < -0.4 is 5.32 Å². The molecule has 0 aliphatic rings. The van der Waals surface area contributed by atoms with E-state index >= 15 is 0 Å². The molecular weight excluding hydrogens is 250 g/mol. The Hall–Kier alpha value is -1.81. The van der Waals surface area contributed by atoms with Gasteiger partial charge in [0.05, 0.1) is 5.41 Å². The second-order valence-electron chi connectivity index (χ2n) is 5.93. The molecule has 0 radical (unpaired) electrons. The summed E-state index contributed by atoms with van der Waals surface area (Å²) in [5.41, 5.74) is 1.55. The Morgan fingerprint density at radius 3 is 2.70 bits per heavy atom. The molecule has 0 aliphatic heterocycles. The number of nitrogens with one attached hydrogen (secondary N) is 2. The van der Waals surface area contributed by atoms with Crippen molar-refractivity contribution >= 4 is 16.8 Å². The maximum Gasteiger partial charge on any atom is 0.230 e. The fraction of sp³-hybridized carbons (Fsp3) is 0.438. The third kappa shape index (κ3) is 2.85. The predicted octanol–water partition coefficient (Wildman–Crippen LogP) is 2.12. The van der Waals surface area contributed by atoms with Gasteiger partial charge in [0.1, 0.15) is 0 Å². The first-order chi connectivity index (χ1) is 9.43. The first-order valence-corrected chi connectivity index (χ1v) is 6.92. The monoisotopic (exact) mass is 273 g/mol. The summed E-state index contributed by atoms with van der Waals surface area (Å²) < 4.78 is 0. The van der Waals surface area contributed by atoms with Crippen molar-refractivity contribution in [1.29, 1.82) is 0 Å². The SMILES string of the molecule is CN(C)CCNC(=O)C(C)(C)c1c[nH]c2ccccc12. The number of hydrogen-bond donors (Lipinski definition) is 2. The van der Waals surface area contributed by atoms with Crippen LogP contribution >= 0.6 is 0 Å². The Morgan fingerprint density at radius 2 is 2.00 bits per heavy atom. The van der Waals surface area contributed by atoms with Gasteiger partial charge in [-0.05, 0) is 39.6 Å². The molecule has 0 bridgehead atoms. The van der Waals surface area contributed by atoms with Gasteiger partial charge in [-0.2, -0.15) is 0 Å². The van der Waals surface area contributed by atoms with E-state index < -0.39 is 5.41 Å². The predicted molar refractivity (Wildman–Crippen MR) is 82.9 cm³/mol. The van der Waals surface area contributed by atoms with E-state index in [1.54, 1.807) is 0 Å². The van der Waals surface area contributed by atoms with Gasteiger partial charge in [0.25, 0.3) is 0 Å². The number of H-pyrrole nitrogens is 1. The highest BCUT2D eigenvalue weighted by Gasteiger charge is 2.31. The number of rotatable bonds is 5. The molecular formula is C16H23N3O. The summed E-state index contributed by atoms with van der Waals surface area (Å²) in [6, 6.07) is 8.07. The summed E-state index contributed by atoms with van der Waals surface area (Å²) in [6.45, 7) is 5.44. The molecule has 1 heterocycles. The van der Waals surface area contributed by atoms with Crippen molar-refractivity contribution in [2.45, 2.75) is 19.3 Å². The minimum absolute atomic E-state index is 0.0594. The molecule has 0 atom stereocenters. The van der Waals surface area contributed by atoms with Gasteiger partial charge < -0.3 is 15.2 Å². The number of likely N-dealkylation sites (N-methyl/N-ethyl adjacent to an activating group) is 1. The number of benzene rings is 1. The number of fused-ring (bicyclic) bond motifs is 1. The van der Waals surface area contributed by atoms with Crippen molar-refractivity contribution in [1.82, 2.24) is 15.2 Å². The molecule has 0 fully saturated rings. The fourth-order valence-electron chi connectivity index (χ4n) is 2.32. The third-order valence-electron chi connectivity index (χ3n) is 3.67. The van der Waals surface area contributed by atoms with Crippen molar-refractivity contribution in [3.63, 3.8) is 0 Å². The van der Waals surface area contributed by atoms with Gasteiger partial charge in [0.15, 0.2) is 0 Å². The summed E-state index contributed by atoms with van der Waals surface area (Å²) in [7, 11) is 3.99. The largest absolute Gasteiger partial charge is 0.361 e. The van der Waals surface area contributed by atoms with Crippen molar-refractivity contribution < 1.29 is 4.79 Å². The number of amides is 1. The Labute approximate surface area is 120 Å². The lowest BCUT2D eigenvalue weighted by Gasteiger charge is -2.24. The highest BCUT2D eigenvalue weighted by atomic mass is 16.2. The van der Waals surface area contributed by atoms with Crippen LogP contribution in [0.15, 0.2) is 30.5 Å². The first-order valence-electron chi connectivity index (χ1n) is 6.92. The van der Waals surface area contributed by atoms with Crippen LogP contribution in [-0.4, -0.2) is 43.0 Å². The maximum atomic E-state index is 12.4. The van der Waals surface area contributed by atoms with Gasteiger partial charge in [-0.25, -0.2) is 0 Å². The molecule has 1 aromatic carbocycles. The molecule has 4 nitrogen and oxygen atoms in total. The zero-order chi connectivity index (χ0) is 14.8. The van der Waals surface area contributed by atoms with E-state index in [1.165, 1.54) is 0 Å². The van der Waals surface area contributed by atoms with Crippen LogP contribution in [0.4, 0.5) is 0 Å². The molecule has 2 aromatic rings. The topological polar surface area (TPSA) is 48.1 Å². The molecule has 0 aliphatic carbocycles. The van der Waals surface area contributed by atoms with Gasteiger partial charge in [0, 0.05) is 30.2 Å². The van der Waals surface area contributed by atoms with Crippen LogP contribution in [0, 0.1) is 0 Å². The van der Waals surface area contributed by atoms with Gasteiger partial charge in [-0.15, -0.1) is 0 Å². The van der Waals surface area contributed by atoms with E-state index in [2.05, 4.69) is 21.3 Å². The van der Waals surface area contributed by atoms with Gasteiger partial charge >= 0.3 is 0 Å². The number of carbonyl (C=O) groups is 1. The smallest absolute Gasteiger partial charge is 0.230 e. The number of aromatic amines is 1. The molecule has 20 heavy (non-hydrogen) atoms. The Kier molecular flexibility index (Phi) is 4.14. The van der Waals surface area contributed by atoms with E-state index in [0.717, 1.165) is 23.0 Å². The third-order valence-corrected chi connectivity index (χ3v) is 3.67. The minimum atomic E-state index is -0.550. The first kappa shape index (κ1) is 14.6. The molecule has 4 heteroatoms. The maximum absolute atomic E-state index is 12.4. The van der Waals surface area contributed by atoms with E-state index in [1.807, 2.05) is 52.3 Å². The minimum Gasteiger partial charge on any atom is -0.361 e. The van der Waals surface area contributed by atoms with Gasteiger partial charge in [-0.3, -0.25) is 4.79 Å². The second-order valence-corrected chi connectivity index (χ2v) is 5.93. The van der Waals surface area contributed by atoms with E-state index in [9.17, 15) is 4.79 Å². The van der Waals surface area contributed by atoms with Crippen molar-refractivity contribution in [3.05, 3.63) is 36.0 Å². The van der Waals surface area contributed by atoms with Crippen molar-refractivity contribution in [2.75, 3.05) is 27.2 Å². The molecule has 2 rings (SSSR count). The summed E-state index contributed by atoms with van der Waals surface area (Å²) in [4.78, 5) is 17.7.